The molecule has 54 heavy (non-hydrogen) atoms. The predicted molar refractivity (Wildman–Crippen MR) is 227 cm³/mol. The normalized spacial score (nSPS) is 11.9. The monoisotopic (exact) mass is 706 g/mol. The van der Waals surface area contributed by atoms with E-state index in [1.165, 1.54) is 22.1 Å². The molecule has 8 rings (SSSR count). The van der Waals surface area contributed by atoms with Gasteiger partial charge in [-0.1, -0.05) is 120 Å². The second-order valence-electron chi connectivity index (χ2n) is 16.0. The number of pyridine rings is 1. The predicted octanol–water partition coefficient (Wildman–Crippen LogP) is 13.7. The minimum Gasteiger partial charge on any atom is -0.457 e. The van der Waals surface area contributed by atoms with Crippen LogP contribution in [-0.2, 0) is 10.8 Å². The topological polar surface area (TPSA) is 51.1 Å². The van der Waals surface area contributed by atoms with Crippen LogP contribution in [0.3, 0.4) is 0 Å². The molecule has 2 aromatic heterocycles. The smallest absolute Gasteiger partial charge is 0.137 e. The highest BCUT2D eigenvalue weighted by atomic mass is 16.5. The number of benzene rings is 6. The van der Waals surface area contributed by atoms with E-state index >= 15 is 0 Å². The maximum Gasteiger partial charge on any atom is 0.137 e. The van der Waals surface area contributed by atoms with E-state index in [-0.39, 0.29) is 10.8 Å². The number of nitrogens with one attached hydrogen (secondary N) is 2. The molecule has 6 aromatic carbocycles. The lowest BCUT2D eigenvalue weighted by atomic mass is 9.85. The van der Waals surface area contributed by atoms with E-state index in [1.807, 2.05) is 30.5 Å². The second kappa shape index (κ2) is 13.9. The van der Waals surface area contributed by atoms with Crippen LogP contribution in [0.5, 0.6) is 11.5 Å². The first-order chi connectivity index (χ1) is 26.0. The number of para-hydroxylation sites is 3. The van der Waals surface area contributed by atoms with E-state index < -0.39 is 0 Å². The molecule has 268 valence electrons. The minimum absolute atomic E-state index is 0.00277. The Balaban J connectivity index is 1.10. The van der Waals surface area contributed by atoms with Crippen LogP contribution in [0.15, 0.2) is 158 Å². The third-order valence-electron chi connectivity index (χ3n) is 10.0. The van der Waals surface area contributed by atoms with Crippen LogP contribution in [0, 0.1) is 0 Å². The highest BCUT2D eigenvalue weighted by Crippen LogP contribution is 2.39. The Hall–Kier alpha value is -6.33. The van der Waals surface area contributed by atoms with E-state index in [1.54, 1.807) is 0 Å². The van der Waals surface area contributed by atoms with Gasteiger partial charge in [-0.2, -0.15) is 0 Å². The molecule has 0 aliphatic heterocycles. The quantitative estimate of drug-likeness (QED) is 0.165. The lowest BCUT2D eigenvalue weighted by Gasteiger charge is -2.23. The number of aromatic nitrogens is 2. The lowest BCUT2D eigenvalue weighted by Crippen LogP contribution is -2.12. The fourth-order valence-electron chi connectivity index (χ4n) is 7.03. The van der Waals surface area contributed by atoms with Crippen molar-refractivity contribution in [3.63, 3.8) is 0 Å². The molecule has 0 aliphatic carbocycles. The Morgan fingerprint density at radius 1 is 0.500 bits per heavy atom. The molecule has 0 bridgehead atoms. The van der Waals surface area contributed by atoms with Crippen LogP contribution in [0.25, 0.3) is 38.8 Å². The molecule has 0 unspecified atom stereocenters. The van der Waals surface area contributed by atoms with E-state index in [0.717, 1.165) is 62.0 Å². The molecule has 0 spiro atoms. The maximum atomic E-state index is 6.58. The van der Waals surface area contributed by atoms with Gasteiger partial charge in [-0.25, -0.2) is 4.98 Å². The molecule has 5 heteroatoms. The van der Waals surface area contributed by atoms with Gasteiger partial charge in [0.05, 0.1) is 22.4 Å². The van der Waals surface area contributed by atoms with Crippen LogP contribution in [0.4, 0.5) is 22.7 Å². The summed E-state index contributed by atoms with van der Waals surface area (Å²) in [6.07, 6.45) is 1.91. The number of fused-ring (bicyclic) bond motifs is 3. The van der Waals surface area contributed by atoms with Crippen LogP contribution < -0.4 is 15.4 Å². The highest BCUT2D eigenvalue weighted by Gasteiger charge is 2.19. The summed E-state index contributed by atoms with van der Waals surface area (Å²) in [6, 6.07) is 52.9. The summed E-state index contributed by atoms with van der Waals surface area (Å²) in [6.45, 7) is 13.4. The third-order valence-corrected chi connectivity index (χ3v) is 10.0. The van der Waals surface area contributed by atoms with Crippen molar-refractivity contribution in [1.82, 2.24) is 9.55 Å². The molecule has 0 saturated heterocycles. The summed E-state index contributed by atoms with van der Waals surface area (Å²) in [4.78, 5) is 4.84. The Labute approximate surface area is 318 Å². The van der Waals surface area contributed by atoms with Crippen molar-refractivity contribution in [3.05, 3.63) is 169 Å². The van der Waals surface area contributed by atoms with E-state index in [9.17, 15) is 0 Å². The summed E-state index contributed by atoms with van der Waals surface area (Å²) in [5.74, 6) is 2.39. The van der Waals surface area contributed by atoms with Crippen molar-refractivity contribution in [2.75, 3.05) is 10.6 Å². The number of anilines is 4. The molecule has 0 amide bonds. The molecule has 0 saturated carbocycles. The van der Waals surface area contributed by atoms with Gasteiger partial charge in [0.1, 0.15) is 17.3 Å². The largest absolute Gasteiger partial charge is 0.457 e. The van der Waals surface area contributed by atoms with Gasteiger partial charge < -0.3 is 15.4 Å². The summed E-state index contributed by atoms with van der Waals surface area (Å²) >= 11 is 0. The lowest BCUT2D eigenvalue weighted by molar-refractivity contribution is 0.483. The molecule has 2 N–H and O–H groups in total. The summed E-state index contributed by atoms with van der Waals surface area (Å²) < 4.78 is 8.82. The van der Waals surface area contributed by atoms with Gasteiger partial charge in [0, 0.05) is 46.0 Å². The fourth-order valence-corrected chi connectivity index (χ4v) is 7.03. The van der Waals surface area contributed by atoms with Gasteiger partial charge in [-0.15, -0.1) is 0 Å². The van der Waals surface area contributed by atoms with E-state index in [0.29, 0.717) is 0 Å². The zero-order valence-corrected chi connectivity index (χ0v) is 31.8. The van der Waals surface area contributed by atoms with Gasteiger partial charge >= 0.3 is 0 Å². The van der Waals surface area contributed by atoms with Gasteiger partial charge in [0.25, 0.3) is 0 Å². The standard InChI is InChI=1S/C49H46N4O/c1-48(2,3)34-23-25-39(33-15-8-7-9-16-33)44(29-34)52-43-21-12-11-20-42(43)51-36-17-14-18-37(31-36)54-38-24-26-41-40-19-10-13-22-45(40)53(46(41)32-38)47-30-35(27-28-50-47)49(4,5)6/h7-32,51-52H,1-6H3. The van der Waals surface area contributed by atoms with Crippen LogP contribution >= 0.6 is 0 Å². The third kappa shape index (κ3) is 7.05. The van der Waals surface area contributed by atoms with Crippen molar-refractivity contribution in [2.24, 2.45) is 0 Å². The Morgan fingerprint density at radius 2 is 1.17 bits per heavy atom. The number of ether oxygens (including phenoxy) is 1. The minimum atomic E-state index is 0.00277. The maximum absolute atomic E-state index is 6.58. The molecule has 2 heterocycles. The molecule has 5 nitrogen and oxygen atoms in total. The van der Waals surface area contributed by atoms with Crippen molar-refractivity contribution in [3.8, 4) is 28.4 Å². The van der Waals surface area contributed by atoms with Crippen molar-refractivity contribution >= 4 is 44.6 Å². The number of nitrogens with zero attached hydrogens (tertiary/aromatic N) is 2. The molecule has 0 aliphatic rings. The average Bonchev–Trinajstić information content (AvgIpc) is 3.49. The average molecular weight is 707 g/mol. The van der Waals surface area contributed by atoms with Crippen molar-refractivity contribution < 1.29 is 4.74 Å². The first-order valence-corrected chi connectivity index (χ1v) is 18.6. The molecule has 0 fully saturated rings. The zero-order valence-electron chi connectivity index (χ0n) is 31.8. The van der Waals surface area contributed by atoms with Gasteiger partial charge in [-0.3, -0.25) is 4.57 Å². The van der Waals surface area contributed by atoms with Gasteiger partial charge in [0.2, 0.25) is 0 Å². The number of hydrogen-bond donors (Lipinski definition) is 2. The van der Waals surface area contributed by atoms with Crippen molar-refractivity contribution in [1.29, 1.82) is 0 Å². The van der Waals surface area contributed by atoms with Crippen molar-refractivity contribution in [2.45, 2.75) is 52.4 Å². The molecular weight excluding hydrogens is 661 g/mol. The fraction of sp³-hybridized carbons (Fsp3) is 0.163. The van der Waals surface area contributed by atoms with E-state index in [4.69, 9.17) is 9.72 Å². The van der Waals surface area contributed by atoms with Crippen LogP contribution in [-0.4, -0.2) is 9.55 Å². The number of hydrogen-bond acceptors (Lipinski definition) is 4. The zero-order chi connectivity index (χ0) is 37.5. The number of rotatable bonds is 8. The second-order valence-corrected chi connectivity index (χ2v) is 16.0. The summed E-state index contributed by atoms with van der Waals surface area (Å²) in [7, 11) is 0. The molecule has 8 aromatic rings. The Kier molecular flexibility index (Phi) is 8.95. The Morgan fingerprint density at radius 3 is 1.94 bits per heavy atom. The van der Waals surface area contributed by atoms with Crippen LogP contribution in [0.2, 0.25) is 0 Å². The highest BCUT2D eigenvalue weighted by molar-refractivity contribution is 6.09. The Bertz CT molecular complexity index is 2610. The van der Waals surface area contributed by atoms with Crippen LogP contribution in [0.1, 0.15) is 52.7 Å². The molecule has 0 radical (unpaired) electrons. The van der Waals surface area contributed by atoms with Gasteiger partial charge in [-0.05, 0) is 88.2 Å². The SMILES string of the molecule is CC(C)(C)c1ccnc(-n2c3ccccc3c3ccc(Oc4cccc(Nc5ccccc5Nc5cc(C(C)(C)C)ccc5-c5ccccc5)c4)cc32)c1. The first kappa shape index (κ1) is 34.7. The molecular formula is C49H46N4O. The first-order valence-electron chi connectivity index (χ1n) is 18.6. The van der Waals surface area contributed by atoms with Gasteiger partial charge in [0.15, 0.2) is 0 Å². The molecule has 0 atom stereocenters. The van der Waals surface area contributed by atoms with E-state index in [2.05, 4.69) is 184 Å². The summed E-state index contributed by atoms with van der Waals surface area (Å²) in [5.41, 5.74) is 10.9. The summed E-state index contributed by atoms with van der Waals surface area (Å²) in [5, 5.41) is 9.79.